The van der Waals surface area contributed by atoms with Crippen LogP contribution in [-0.2, 0) is 0 Å². The van der Waals surface area contributed by atoms with Crippen molar-refractivity contribution in [2.45, 2.75) is 12.8 Å². The highest BCUT2D eigenvalue weighted by Crippen LogP contribution is 2.14. The minimum absolute atomic E-state index is 0. The van der Waals surface area contributed by atoms with Crippen LogP contribution in [0.15, 0.2) is 30.3 Å². The molecule has 0 amide bonds. The van der Waals surface area contributed by atoms with Crippen LogP contribution < -0.4 is 5.32 Å². The lowest BCUT2D eigenvalue weighted by Crippen LogP contribution is -2.28. The molecule has 98 valence electrons. The molecule has 1 fully saturated rings. The summed E-state index contributed by atoms with van der Waals surface area (Å²) in [5, 5.41) is 12.1. The summed E-state index contributed by atoms with van der Waals surface area (Å²) in [6.45, 7) is 2.17. The van der Waals surface area contributed by atoms with Crippen LogP contribution in [0.1, 0.15) is 28.8 Å². The second kappa shape index (κ2) is 7.19. The minimum atomic E-state index is -0.878. The normalized spacial score (nSPS) is 19.4. The van der Waals surface area contributed by atoms with Gasteiger partial charge in [-0.3, -0.25) is 0 Å². The molecule has 0 saturated carbocycles. The van der Waals surface area contributed by atoms with Crippen LogP contribution in [-0.4, -0.2) is 24.2 Å². The zero-order valence-electron chi connectivity index (χ0n) is 10.1. The molecule has 4 heteroatoms. The number of carbonyl (C=O) groups is 1. The predicted octanol–water partition coefficient (Wildman–Crippen LogP) is 2.82. The fraction of sp³-hybridized carbons (Fsp3) is 0.357. The lowest BCUT2D eigenvalue weighted by molar-refractivity contribution is 0.0697. The first kappa shape index (κ1) is 14.7. The first-order chi connectivity index (χ1) is 8.25. The number of aromatic carboxylic acids is 1. The average Bonchev–Trinajstić information content (AvgIpc) is 2.38. The second-order valence-electron chi connectivity index (χ2n) is 4.39. The summed E-state index contributed by atoms with van der Waals surface area (Å²) in [7, 11) is 0. The van der Waals surface area contributed by atoms with Gasteiger partial charge in [0.2, 0.25) is 0 Å². The quantitative estimate of drug-likeness (QED) is 0.885. The Labute approximate surface area is 113 Å². The highest BCUT2D eigenvalue weighted by Gasteiger charge is 2.08. The fourth-order valence-corrected chi connectivity index (χ4v) is 2.03. The highest BCUT2D eigenvalue weighted by molar-refractivity contribution is 5.87. The summed E-state index contributed by atoms with van der Waals surface area (Å²) >= 11 is 0. The number of carboxylic acid groups (broad SMARTS) is 1. The minimum Gasteiger partial charge on any atom is -0.478 e. The van der Waals surface area contributed by atoms with Gasteiger partial charge in [-0.25, -0.2) is 4.79 Å². The van der Waals surface area contributed by atoms with Crippen LogP contribution in [0.2, 0.25) is 0 Å². The molecule has 0 aromatic heterocycles. The Morgan fingerprint density at radius 1 is 1.33 bits per heavy atom. The van der Waals surface area contributed by atoms with Crippen LogP contribution in [0.25, 0.3) is 6.08 Å². The Kier molecular flexibility index (Phi) is 5.89. The van der Waals surface area contributed by atoms with Crippen molar-refractivity contribution in [3.63, 3.8) is 0 Å². The number of piperidine rings is 1. The Morgan fingerprint density at radius 2 is 2.06 bits per heavy atom. The molecule has 2 rings (SSSR count). The molecule has 3 nitrogen and oxygen atoms in total. The van der Waals surface area contributed by atoms with Crippen LogP contribution in [0.3, 0.4) is 0 Å². The Balaban J connectivity index is 0.00000162. The van der Waals surface area contributed by atoms with Crippen molar-refractivity contribution in [2.24, 2.45) is 5.92 Å². The number of benzene rings is 1. The van der Waals surface area contributed by atoms with E-state index in [1.54, 1.807) is 12.1 Å². The Hall–Kier alpha value is -1.32. The molecule has 0 radical (unpaired) electrons. The van der Waals surface area contributed by atoms with Crippen molar-refractivity contribution in [1.29, 1.82) is 0 Å². The maximum atomic E-state index is 10.7. The van der Waals surface area contributed by atoms with Gasteiger partial charge in [0, 0.05) is 6.54 Å². The highest BCUT2D eigenvalue weighted by atomic mass is 35.5. The molecular formula is C14H18ClNO2. The molecule has 18 heavy (non-hydrogen) atoms. The van der Waals surface area contributed by atoms with Gasteiger partial charge < -0.3 is 10.4 Å². The monoisotopic (exact) mass is 267 g/mol. The van der Waals surface area contributed by atoms with Gasteiger partial charge >= 0.3 is 5.97 Å². The molecule has 0 spiro atoms. The predicted molar refractivity (Wildman–Crippen MR) is 75.3 cm³/mol. The lowest BCUT2D eigenvalue weighted by atomic mass is 9.98. The van der Waals surface area contributed by atoms with Gasteiger partial charge in [0.15, 0.2) is 0 Å². The van der Waals surface area contributed by atoms with Crippen LogP contribution in [0, 0.1) is 5.92 Å². The van der Waals surface area contributed by atoms with E-state index in [0.29, 0.717) is 11.5 Å². The van der Waals surface area contributed by atoms with Crippen molar-refractivity contribution >= 4 is 24.5 Å². The van der Waals surface area contributed by atoms with E-state index in [2.05, 4.69) is 17.5 Å². The van der Waals surface area contributed by atoms with Crippen LogP contribution in [0.5, 0.6) is 0 Å². The van der Waals surface area contributed by atoms with Gasteiger partial charge in [-0.2, -0.15) is 0 Å². The first-order valence-electron chi connectivity index (χ1n) is 5.98. The Bertz CT molecular complexity index is 408. The molecule has 1 atom stereocenters. The third-order valence-electron chi connectivity index (χ3n) is 3.05. The van der Waals surface area contributed by atoms with E-state index in [-0.39, 0.29) is 12.4 Å². The van der Waals surface area contributed by atoms with E-state index in [1.165, 1.54) is 12.8 Å². The molecule has 1 aliphatic heterocycles. The van der Waals surface area contributed by atoms with E-state index in [1.807, 2.05) is 12.1 Å². The van der Waals surface area contributed by atoms with Crippen molar-refractivity contribution in [1.82, 2.24) is 5.32 Å². The van der Waals surface area contributed by atoms with Gasteiger partial charge in [-0.15, -0.1) is 12.4 Å². The van der Waals surface area contributed by atoms with Gasteiger partial charge in [0.1, 0.15) is 0 Å². The number of carboxylic acids is 1. The standard InChI is InChI=1S/C14H17NO2.ClH/c16-14(17)13-7-5-11(6-8-13)3-4-12-2-1-9-15-10-12;/h3-8,12,15H,1-2,9-10H2,(H,16,17);1H/b4-3+;. The van der Waals surface area contributed by atoms with Crippen molar-refractivity contribution in [3.05, 3.63) is 41.5 Å². The van der Waals surface area contributed by atoms with E-state index in [0.717, 1.165) is 18.7 Å². The lowest BCUT2D eigenvalue weighted by Gasteiger charge is -2.19. The summed E-state index contributed by atoms with van der Waals surface area (Å²) in [5.74, 6) is -0.278. The number of nitrogens with one attached hydrogen (secondary N) is 1. The number of halogens is 1. The maximum Gasteiger partial charge on any atom is 0.335 e. The van der Waals surface area contributed by atoms with Crippen molar-refractivity contribution in [3.8, 4) is 0 Å². The first-order valence-corrected chi connectivity index (χ1v) is 5.98. The smallest absolute Gasteiger partial charge is 0.335 e. The summed E-state index contributed by atoms with van der Waals surface area (Å²) in [6, 6.07) is 6.97. The van der Waals surface area contributed by atoms with E-state index >= 15 is 0 Å². The summed E-state index contributed by atoms with van der Waals surface area (Å²) in [4.78, 5) is 10.7. The molecular weight excluding hydrogens is 250 g/mol. The van der Waals surface area contributed by atoms with E-state index < -0.39 is 5.97 Å². The molecule has 1 heterocycles. The number of rotatable bonds is 3. The van der Waals surface area contributed by atoms with Crippen molar-refractivity contribution in [2.75, 3.05) is 13.1 Å². The molecule has 2 N–H and O–H groups in total. The molecule has 1 aromatic carbocycles. The van der Waals surface area contributed by atoms with Gasteiger partial charge in [0.25, 0.3) is 0 Å². The molecule has 1 unspecified atom stereocenters. The molecule has 0 bridgehead atoms. The zero-order valence-corrected chi connectivity index (χ0v) is 11.0. The van der Waals surface area contributed by atoms with Gasteiger partial charge in [0.05, 0.1) is 5.56 Å². The van der Waals surface area contributed by atoms with Crippen molar-refractivity contribution < 1.29 is 9.90 Å². The number of hydrogen-bond donors (Lipinski definition) is 2. The van der Waals surface area contributed by atoms with Crippen LogP contribution in [0.4, 0.5) is 0 Å². The third kappa shape index (κ3) is 4.17. The summed E-state index contributed by atoms with van der Waals surface area (Å²) < 4.78 is 0. The second-order valence-corrected chi connectivity index (χ2v) is 4.39. The molecule has 1 saturated heterocycles. The molecule has 1 aromatic rings. The fourth-order valence-electron chi connectivity index (χ4n) is 2.03. The van der Waals surface area contributed by atoms with E-state index in [4.69, 9.17) is 5.11 Å². The summed E-state index contributed by atoms with van der Waals surface area (Å²) in [6.07, 6.45) is 6.74. The maximum absolute atomic E-state index is 10.7. The third-order valence-corrected chi connectivity index (χ3v) is 3.05. The van der Waals surface area contributed by atoms with Crippen LogP contribution >= 0.6 is 12.4 Å². The SMILES string of the molecule is Cl.O=C(O)c1ccc(/C=C/C2CCCNC2)cc1. The van der Waals surface area contributed by atoms with Gasteiger partial charge in [-0.1, -0.05) is 24.3 Å². The van der Waals surface area contributed by atoms with Gasteiger partial charge in [-0.05, 0) is 43.0 Å². The summed E-state index contributed by atoms with van der Waals surface area (Å²) in [5.41, 5.74) is 1.39. The number of hydrogen-bond acceptors (Lipinski definition) is 2. The largest absolute Gasteiger partial charge is 0.478 e. The molecule has 0 aliphatic carbocycles. The molecule has 1 aliphatic rings. The Morgan fingerprint density at radius 3 is 2.61 bits per heavy atom. The average molecular weight is 268 g/mol. The topological polar surface area (TPSA) is 49.3 Å². The van der Waals surface area contributed by atoms with E-state index in [9.17, 15) is 4.79 Å². The zero-order chi connectivity index (χ0) is 12.1.